The molecule has 0 aliphatic rings. The monoisotopic (exact) mass is 286 g/mol. The van der Waals surface area contributed by atoms with Gasteiger partial charge in [0.2, 0.25) is 11.8 Å². The van der Waals surface area contributed by atoms with Crippen LogP contribution < -0.4 is 0 Å². The highest BCUT2D eigenvalue weighted by Crippen LogP contribution is 2.30. The van der Waals surface area contributed by atoms with Gasteiger partial charge in [0.1, 0.15) is 5.88 Å². The number of hydrogen-bond acceptors (Lipinski definition) is 3. The Labute approximate surface area is 101 Å². The van der Waals surface area contributed by atoms with Crippen molar-refractivity contribution in [2.45, 2.75) is 12.8 Å². The molecule has 0 saturated heterocycles. The number of halogens is 2. The van der Waals surface area contributed by atoms with E-state index in [1.54, 1.807) is 0 Å². The third-order valence-corrected chi connectivity index (χ3v) is 2.91. The molecular formula is C10H8BrClN2O. The zero-order valence-electron chi connectivity index (χ0n) is 8.00. The topological polar surface area (TPSA) is 38.9 Å². The minimum absolute atomic E-state index is 0.233. The number of benzene rings is 1. The molecule has 1 aromatic heterocycles. The van der Waals surface area contributed by atoms with Crippen molar-refractivity contribution in [3.05, 3.63) is 34.1 Å². The molecule has 0 unspecified atom stereocenters. The van der Waals surface area contributed by atoms with Gasteiger partial charge in [-0.15, -0.1) is 21.8 Å². The van der Waals surface area contributed by atoms with Crippen LogP contribution in [0.1, 0.15) is 11.5 Å². The van der Waals surface area contributed by atoms with Crippen molar-refractivity contribution in [1.82, 2.24) is 10.2 Å². The highest BCUT2D eigenvalue weighted by atomic mass is 79.9. The van der Waals surface area contributed by atoms with Crippen LogP contribution in [0.15, 0.2) is 27.1 Å². The third-order valence-electron chi connectivity index (χ3n) is 2.02. The number of hydrogen-bond donors (Lipinski definition) is 0. The number of aryl methyl sites for hydroxylation is 1. The van der Waals surface area contributed by atoms with Crippen LogP contribution in [0.25, 0.3) is 11.5 Å². The molecule has 2 rings (SSSR count). The fraction of sp³-hybridized carbons (Fsp3) is 0.200. The lowest BCUT2D eigenvalue weighted by Gasteiger charge is -2.02. The number of alkyl halides is 1. The minimum atomic E-state index is 0.233. The summed E-state index contributed by atoms with van der Waals surface area (Å²) in [4.78, 5) is 0. The first-order chi connectivity index (χ1) is 7.22. The highest BCUT2D eigenvalue weighted by Gasteiger charge is 2.13. The molecule has 0 radical (unpaired) electrons. The number of rotatable bonds is 2. The molecule has 3 nitrogen and oxygen atoms in total. The summed E-state index contributed by atoms with van der Waals surface area (Å²) in [6.07, 6.45) is 0. The first-order valence-corrected chi connectivity index (χ1v) is 5.69. The van der Waals surface area contributed by atoms with Crippen molar-refractivity contribution in [3.63, 3.8) is 0 Å². The Morgan fingerprint density at radius 1 is 1.40 bits per heavy atom. The summed E-state index contributed by atoms with van der Waals surface area (Å²) in [6, 6.07) is 5.89. The lowest BCUT2D eigenvalue weighted by molar-refractivity contribution is 0.527. The van der Waals surface area contributed by atoms with Gasteiger partial charge >= 0.3 is 0 Å². The predicted molar refractivity (Wildman–Crippen MR) is 61.7 cm³/mol. The maximum atomic E-state index is 5.60. The van der Waals surface area contributed by atoms with Crippen LogP contribution in [0.3, 0.4) is 0 Å². The molecule has 0 amide bonds. The van der Waals surface area contributed by atoms with Crippen LogP contribution >= 0.6 is 27.5 Å². The van der Waals surface area contributed by atoms with Gasteiger partial charge in [0, 0.05) is 4.47 Å². The van der Waals surface area contributed by atoms with Crippen LogP contribution in [0.5, 0.6) is 0 Å². The van der Waals surface area contributed by atoms with Gasteiger partial charge in [-0.2, -0.15) is 0 Å². The van der Waals surface area contributed by atoms with E-state index in [4.69, 9.17) is 16.0 Å². The largest absolute Gasteiger partial charge is 0.419 e. The minimum Gasteiger partial charge on any atom is -0.419 e. The summed E-state index contributed by atoms with van der Waals surface area (Å²) in [6.45, 7) is 1.99. The maximum absolute atomic E-state index is 5.60. The highest BCUT2D eigenvalue weighted by molar-refractivity contribution is 9.10. The zero-order valence-corrected chi connectivity index (χ0v) is 10.3. The molecule has 0 N–H and O–H groups in total. The van der Waals surface area contributed by atoms with Crippen LogP contribution in [0, 0.1) is 6.92 Å². The maximum Gasteiger partial charge on any atom is 0.249 e. The van der Waals surface area contributed by atoms with Gasteiger partial charge in [0.05, 0.1) is 5.56 Å². The van der Waals surface area contributed by atoms with Crippen molar-refractivity contribution < 1.29 is 4.42 Å². The Balaban J connectivity index is 2.53. The SMILES string of the molecule is Cc1cccc(Br)c1-c1nnc(CCl)o1. The number of aromatic nitrogens is 2. The average Bonchev–Trinajstić information content (AvgIpc) is 2.66. The number of nitrogens with zero attached hydrogens (tertiary/aromatic N) is 2. The standard InChI is InChI=1S/C10H8BrClN2O/c1-6-3-2-4-7(11)9(6)10-14-13-8(5-12)15-10/h2-4H,5H2,1H3. The van der Waals surface area contributed by atoms with Gasteiger partial charge in [0.15, 0.2) is 0 Å². The van der Waals surface area contributed by atoms with E-state index in [2.05, 4.69) is 26.1 Å². The molecule has 0 atom stereocenters. The summed E-state index contributed by atoms with van der Waals surface area (Å²) >= 11 is 9.05. The van der Waals surface area contributed by atoms with E-state index >= 15 is 0 Å². The average molecular weight is 288 g/mol. The predicted octanol–water partition coefficient (Wildman–Crippen LogP) is 3.55. The van der Waals surface area contributed by atoms with Crippen LogP contribution in [0.4, 0.5) is 0 Å². The molecule has 0 aliphatic heterocycles. The summed E-state index contributed by atoms with van der Waals surface area (Å²) in [5.74, 6) is 1.16. The van der Waals surface area contributed by atoms with Crippen LogP contribution in [-0.4, -0.2) is 10.2 Å². The third kappa shape index (κ3) is 2.06. The molecule has 5 heteroatoms. The van der Waals surface area contributed by atoms with Gasteiger partial charge in [-0.1, -0.05) is 12.1 Å². The van der Waals surface area contributed by atoms with E-state index in [0.717, 1.165) is 15.6 Å². The second-order valence-corrected chi connectivity index (χ2v) is 4.19. The van der Waals surface area contributed by atoms with E-state index in [1.165, 1.54) is 0 Å². The Morgan fingerprint density at radius 2 is 2.20 bits per heavy atom. The fourth-order valence-electron chi connectivity index (χ4n) is 1.31. The van der Waals surface area contributed by atoms with Gasteiger partial charge in [-0.3, -0.25) is 0 Å². The normalized spacial score (nSPS) is 10.6. The molecule has 15 heavy (non-hydrogen) atoms. The molecular weight excluding hydrogens is 279 g/mol. The quantitative estimate of drug-likeness (QED) is 0.793. The van der Waals surface area contributed by atoms with Crippen LogP contribution in [0.2, 0.25) is 0 Å². The van der Waals surface area contributed by atoms with E-state index < -0.39 is 0 Å². The van der Waals surface area contributed by atoms with Crippen LogP contribution in [-0.2, 0) is 5.88 Å². The smallest absolute Gasteiger partial charge is 0.249 e. The molecule has 0 saturated carbocycles. The van der Waals surface area contributed by atoms with E-state index in [1.807, 2.05) is 25.1 Å². The van der Waals surface area contributed by atoms with Crippen molar-refractivity contribution >= 4 is 27.5 Å². The van der Waals surface area contributed by atoms with Gasteiger partial charge < -0.3 is 4.42 Å². The molecule has 78 valence electrons. The van der Waals surface area contributed by atoms with Gasteiger partial charge in [-0.05, 0) is 34.5 Å². The first-order valence-electron chi connectivity index (χ1n) is 4.36. The Morgan fingerprint density at radius 3 is 2.80 bits per heavy atom. The Kier molecular flexibility index (Phi) is 3.07. The zero-order chi connectivity index (χ0) is 10.8. The van der Waals surface area contributed by atoms with Crippen molar-refractivity contribution in [3.8, 4) is 11.5 Å². The van der Waals surface area contributed by atoms with Crippen molar-refractivity contribution in [1.29, 1.82) is 0 Å². The lowest BCUT2D eigenvalue weighted by Crippen LogP contribution is -1.84. The molecule has 0 fully saturated rings. The Hall–Kier alpha value is -0.870. The van der Waals surface area contributed by atoms with Gasteiger partial charge in [-0.25, -0.2) is 0 Å². The molecule has 0 aliphatic carbocycles. The summed E-state index contributed by atoms with van der Waals surface area (Å²) in [5, 5.41) is 7.77. The van der Waals surface area contributed by atoms with Crippen molar-refractivity contribution in [2.75, 3.05) is 0 Å². The Bertz CT molecular complexity index is 464. The molecule has 2 aromatic rings. The van der Waals surface area contributed by atoms with E-state index in [9.17, 15) is 0 Å². The molecule has 1 heterocycles. The van der Waals surface area contributed by atoms with Crippen molar-refractivity contribution in [2.24, 2.45) is 0 Å². The van der Waals surface area contributed by atoms with E-state index in [-0.39, 0.29) is 5.88 Å². The summed E-state index contributed by atoms with van der Waals surface area (Å²) in [5.41, 5.74) is 2.00. The first kappa shape index (κ1) is 10.6. The van der Waals surface area contributed by atoms with E-state index in [0.29, 0.717) is 11.8 Å². The summed E-state index contributed by atoms with van der Waals surface area (Å²) in [7, 11) is 0. The fourth-order valence-corrected chi connectivity index (χ4v) is 2.05. The summed E-state index contributed by atoms with van der Waals surface area (Å²) < 4.78 is 6.33. The molecule has 1 aromatic carbocycles. The lowest BCUT2D eigenvalue weighted by atomic mass is 10.1. The molecule has 0 bridgehead atoms. The second-order valence-electron chi connectivity index (χ2n) is 3.07. The second kappa shape index (κ2) is 4.33. The molecule has 0 spiro atoms. The van der Waals surface area contributed by atoms with Gasteiger partial charge in [0.25, 0.3) is 0 Å².